The van der Waals surface area contributed by atoms with Crippen LogP contribution in [0.3, 0.4) is 0 Å². The predicted molar refractivity (Wildman–Crippen MR) is 107 cm³/mol. The number of rotatable bonds is 7. The fourth-order valence-corrected chi connectivity index (χ4v) is 2.43. The van der Waals surface area contributed by atoms with Gasteiger partial charge in [-0.1, -0.05) is 19.9 Å². The van der Waals surface area contributed by atoms with Crippen molar-refractivity contribution in [1.29, 1.82) is 0 Å². The summed E-state index contributed by atoms with van der Waals surface area (Å²) in [5.41, 5.74) is 1.63. The molecule has 0 bridgehead atoms. The van der Waals surface area contributed by atoms with Gasteiger partial charge in [0.05, 0.1) is 0 Å². The van der Waals surface area contributed by atoms with E-state index in [0.29, 0.717) is 29.8 Å². The highest BCUT2D eigenvalue weighted by Crippen LogP contribution is 2.20. The molecule has 0 spiro atoms. The topological polar surface area (TPSA) is 91.8 Å². The van der Waals surface area contributed by atoms with Gasteiger partial charge in [-0.25, -0.2) is 15.0 Å². The third-order valence-corrected chi connectivity index (χ3v) is 3.62. The van der Waals surface area contributed by atoms with E-state index in [1.165, 1.54) is 6.33 Å². The van der Waals surface area contributed by atoms with Crippen molar-refractivity contribution in [2.24, 2.45) is 5.92 Å². The van der Waals surface area contributed by atoms with Crippen molar-refractivity contribution >= 4 is 34.7 Å². The Morgan fingerprint density at radius 1 is 0.889 bits per heavy atom. The standard InChI is InChI=1S/C20H22N6O/c1-14(2)11-20(27)25-16-8-6-15(7-9-16)24-18-12-19(23-13-22-18)26-17-5-3-4-10-21-17/h3-10,12-14H,11H2,1-2H3,(H,25,27)(H2,21,22,23,24,26). The first-order valence-corrected chi connectivity index (χ1v) is 8.75. The van der Waals surface area contributed by atoms with Crippen LogP contribution in [0.2, 0.25) is 0 Å². The van der Waals surface area contributed by atoms with Crippen LogP contribution in [-0.4, -0.2) is 20.9 Å². The van der Waals surface area contributed by atoms with Gasteiger partial charge in [0.1, 0.15) is 23.8 Å². The van der Waals surface area contributed by atoms with Gasteiger partial charge in [0.15, 0.2) is 0 Å². The second-order valence-corrected chi connectivity index (χ2v) is 6.48. The van der Waals surface area contributed by atoms with Crippen LogP contribution in [0.5, 0.6) is 0 Å². The summed E-state index contributed by atoms with van der Waals surface area (Å²) in [6, 6.07) is 14.9. The Hall–Kier alpha value is -3.48. The van der Waals surface area contributed by atoms with E-state index in [0.717, 1.165) is 11.4 Å². The molecule has 0 saturated heterocycles. The van der Waals surface area contributed by atoms with E-state index in [-0.39, 0.29) is 5.91 Å². The van der Waals surface area contributed by atoms with E-state index in [1.54, 1.807) is 12.3 Å². The van der Waals surface area contributed by atoms with Crippen LogP contribution in [0.25, 0.3) is 0 Å². The summed E-state index contributed by atoms with van der Waals surface area (Å²) in [4.78, 5) is 24.5. The average Bonchev–Trinajstić information content (AvgIpc) is 2.64. The number of nitrogens with one attached hydrogen (secondary N) is 3. The SMILES string of the molecule is CC(C)CC(=O)Nc1ccc(Nc2cc(Nc3ccccn3)ncn2)cc1. The average molecular weight is 362 g/mol. The Balaban J connectivity index is 1.62. The molecule has 2 heterocycles. The van der Waals surface area contributed by atoms with Crippen molar-refractivity contribution in [3.05, 3.63) is 61.1 Å². The zero-order valence-corrected chi connectivity index (χ0v) is 15.3. The van der Waals surface area contributed by atoms with Gasteiger partial charge in [-0.3, -0.25) is 4.79 Å². The molecule has 0 aliphatic heterocycles. The molecular formula is C20H22N6O. The smallest absolute Gasteiger partial charge is 0.224 e. The number of anilines is 5. The van der Waals surface area contributed by atoms with E-state index in [4.69, 9.17) is 0 Å². The maximum Gasteiger partial charge on any atom is 0.224 e. The first-order chi connectivity index (χ1) is 13.1. The highest BCUT2D eigenvalue weighted by atomic mass is 16.1. The van der Waals surface area contributed by atoms with Crippen LogP contribution in [0.15, 0.2) is 61.1 Å². The molecule has 0 aliphatic carbocycles. The van der Waals surface area contributed by atoms with Gasteiger partial charge >= 0.3 is 0 Å². The van der Waals surface area contributed by atoms with Crippen LogP contribution in [-0.2, 0) is 4.79 Å². The van der Waals surface area contributed by atoms with Gasteiger partial charge < -0.3 is 16.0 Å². The van der Waals surface area contributed by atoms with Crippen molar-refractivity contribution in [2.45, 2.75) is 20.3 Å². The van der Waals surface area contributed by atoms with Crippen LogP contribution in [0, 0.1) is 5.92 Å². The maximum atomic E-state index is 11.8. The number of benzene rings is 1. The number of aromatic nitrogens is 3. The molecule has 27 heavy (non-hydrogen) atoms. The van der Waals surface area contributed by atoms with Gasteiger partial charge in [-0.15, -0.1) is 0 Å². The van der Waals surface area contributed by atoms with Gasteiger partial charge in [0, 0.05) is 30.1 Å². The molecule has 3 N–H and O–H groups in total. The van der Waals surface area contributed by atoms with E-state index in [1.807, 2.05) is 56.3 Å². The highest BCUT2D eigenvalue weighted by Gasteiger charge is 2.06. The minimum absolute atomic E-state index is 0.0201. The minimum atomic E-state index is 0.0201. The van der Waals surface area contributed by atoms with Gasteiger partial charge in [-0.05, 0) is 42.3 Å². The summed E-state index contributed by atoms with van der Waals surface area (Å²) in [5.74, 6) is 2.36. The van der Waals surface area contributed by atoms with Gasteiger partial charge in [0.2, 0.25) is 5.91 Å². The fourth-order valence-electron chi connectivity index (χ4n) is 2.43. The zero-order valence-electron chi connectivity index (χ0n) is 15.3. The summed E-state index contributed by atoms with van der Waals surface area (Å²) in [7, 11) is 0. The second kappa shape index (κ2) is 8.75. The maximum absolute atomic E-state index is 11.8. The molecule has 0 fully saturated rings. The van der Waals surface area contributed by atoms with E-state index in [2.05, 4.69) is 30.9 Å². The van der Waals surface area contributed by atoms with Crippen molar-refractivity contribution in [1.82, 2.24) is 15.0 Å². The zero-order chi connectivity index (χ0) is 19.1. The summed E-state index contributed by atoms with van der Waals surface area (Å²) in [5, 5.41) is 9.24. The van der Waals surface area contributed by atoms with Crippen LogP contribution in [0.4, 0.5) is 28.8 Å². The highest BCUT2D eigenvalue weighted by molar-refractivity contribution is 5.91. The molecule has 3 rings (SSSR count). The van der Waals surface area contributed by atoms with E-state index >= 15 is 0 Å². The molecule has 0 unspecified atom stereocenters. The Bertz CT molecular complexity index is 880. The summed E-state index contributed by atoms with van der Waals surface area (Å²) in [6.07, 6.45) is 3.70. The molecule has 138 valence electrons. The number of amides is 1. The predicted octanol–water partition coefficient (Wildman–Crippen LogP) is 4.34. The molecule has 2 aromatic heterocycles. The minimum Gasteiger partial charge on any atom is -0.340 e. The van der Waals surface area contributed by atoms with Crippen LogP contribution >= 0.6 is 0 Å². The van der Waals surface area contributed by atoms with Crippen LogP contribution in [0.1, 0.15) is 20.3 Å². The molecule has 7 nitrogen and oxygen atoms in total. The third-order valence-electron chi connectivity index (χ3n) is 3.62. The Morgan fingerprint density at radius 3 is 2.26 bits per heavy atom. The summed E-state index contributed by atoms with van der Waals surface area (Å²) < 4.78 is 0. The van der Waals surface area contributed by atoms with Crippen molar-refractivity contribution in [3.8, 4) is 0 Å². The lowest BCUT2D eigenvalue weighted by molar-refractivity contribution is -0.116. The van der Waals surface area contributed by atoms with Crippen molar-refractivity contribution < 1.29 is 4.79 Å². The summed E-state index contributed by atoms with van der Waals surface area (Å²) in [6.45, 7) is 4.04. The lowest BCUT2D eigenvalue weighted by atomic mass is 10.1. The number of pyridine rings is 1. The third kappa shape index (κ3) is 5.78. The normalized spacial score (nSPS) is 10.5. The molecule has 1 aromatic carbocycles. The molecule has 0 saturated carbocycles. The van der Waals surface area contributed by atoms with E-state index in [9.17, 15) is 4.79 Å². The van der Waals surface area contributed by atoms with Crippen molar-refractivity contribution in [2.75, 3.05) is 16.0 Å². The lowest BCUT2D eigenvalue weighted by Gasteiger charge is -2.10. The first kappa shape index (κ1) is 18.3. The first-order valence-electron chi connectivity index (χ1n) is 8.75. The Labute approximate surface area is 158 Å². The molecule has 0 radical (unpaired) electrons. The number of carbonyl (C=O) groups is 1. The van der Waals surface area contributed by atoms with Gasteiger partial charge in [-0.2, -0.15) is 0 Å². The molecular weight excluding hydrogens is 340 g/mol. The molecule has 0 atom stereocenters. The largest absolute Gasteiger partial charge is 0.340 e. The number of hydrogen-bond donors (Lipinski definition) is 3. The quantitative estimate of drug-likeness (QED) is 0.579. The fraction of sp³-hybridized carbons (Fsp3) is 0.200. The lowest BCUT2D eigenvalue weighted by Crippen LogP contribution is -2.13. The van der Waals surface area contributed by atoms with Crippen LogP contribution < -0.4 is 16.0 Å². The molecule has 1 amide bonds. The Morgan fingerprint density at radius 2 is 1.59 bits per heavy atom. The van der Waals surface area contributed by atoms with Gasteiger partial charge in [0.25, 0.3) is 0 Å². The molecule has 3 aromatic rings. The monoisotopic (exact) mass is 362 g/mol. The number of hydrogen-bond acceptors (Lipinski definition) is 6. The number of carbonyl (C=O) groups excluding carboxylic acids is 1. The van der Waals surface area contributed by atoms with E-state index < -0.39 is 0 Å². The van der Waals surface area contributed by atoms with Crippen molar-refractivity contribution in [3.63, 3.8) is 0 Å². The Kier molecular flexibility index (Phi) is 5.94. The summed E-state index contributed by atoms with van der Waals surface area (Å²) >= 11 is 0. The molecule has 7 heteroatoms. The molecule has 0 aliphatic rings. The second-order valence-electron chi connectivity index (χ2n) is 6.48. The number of nitrogens with zero attached hydrogens (tertiary/aromatic N) is 3.